The molecular weight excluding hydrogens is 490 g/mol. The number of aliphatic hydroxyl groups is 2. The maximum atomic E-state index is 12.9. The van der Waals surface area contributed by atoms with Crippen LogP contribution in [0.4, 0.5) is 0 Å². The Morgan fingerprint density at radius 3 is 2.54 bits per heavy atom. The summed E-state index contributed by atoms with van der Waals surface area (Å²) in [7, 11) is 0. The van der Waals surface area contributed by atoms with Gasteiger partial charge in [0.15, 0.2) is 0 Å². The van der Waals surface area contributed by atoms with Gasteiger partial charge in [-0.1, -0.05) is 41.9 Å². The lowest BCUT2D eigenvalue weighted by Gasteiger charge is -2.19. The smallest absolute Gasteiger partial charge is 0.251 e. The van der Waals surface area contributed by atoms with Gasteiger partial charge in [0.2, 0.25) is 0 Å². The third-order valence-corrected chi connectivity index (χ3v) is 6.36. The Hall–Kier alpha value is -3.39. The van der Waals surface area contributed by atoms with Crippen molar-refractivity contribution in [3.63, 3.8) is 0 Å². The molecule has 2 aromatic carbocycles. The number of nitrogens with zero attached hydrogens (tertiary/aromatic N) is 2. The van der Waals surface area contributed by atoms with Crippen LogP contribution in [-0.2, 0) is 6.42 Å². The van der Waals surface area contributed by atoms with Crippen molar-refractivity contribution in [1.29, 1.82) is 0 Å². The molecule has 3 N–H and O–H groups in total. The van der Waals surface area contributed by atoms with Crippen LogP contribution < -0.4 is 10.1 Å². The van der Waals surface area contributed by atoms with E-state index >= 15 is 0 Å². The number of amides is 1. The number of carbonyl (C=O) groups is 1. The summed E-state index contributed by atoms with van der Waals surface area (Å²) in [6, 6.07) is 16.5. The number of rotatable bonds is 10. The molecule has 8 heteroatoms. The second-order valence-electron chi connectivity index (χ2n) is 9.39. The molecule has 4 aromatic rings. The fraction of sp³-hybridized carbons (Fsp3) is 0.310. The molecule has 0 aliphatic heterocycles. The van der Waals surface area contributed by atoms with Gasteiger partial charge >= 0.3 is 0 Å². The lowest BCUT2D eigenvalue weighted by molar-refractivity contribution is 0.0930. The Morgan fingerprint density at radius 1 is 1.14 bits per heavy atom. The molecule has 2 aromatic heterocycles. The normalized spacial score (nSPS) is 13.1. The number of hydrogen-bond acceptors (Lipinski definition) is 5. The SMILES string of the molecule is CC(C)Oc1ccc(C(=O)N[C@H](CCO)Cc2ccc(-c3cn4cccc(C(C)O)c4n3)cc2)cc1Cl. The van der Waals surface area contributed by atoms with Gasteiger partial charge in [-0.3, -0.25) is 4.79 Å². The monoisotopic (exact) mass is 521 g/mol. The third-order valence-electron chi connectivity index (χ3n) is 6.06. The molecule has 0 saturated heterocycles. The van der Waals surface area contributed by atoms with Gasteiger partial charge in [-0.2, -0.15) is 0 Å². The van der Waals surface area contributed by atoms with Crippen LogP contribution in [0.5, 0.6) is 5.75 Å². The van der Waals surface area contributed by atoms with E-state index in [0.29, 0.717) is 29.2 Å². The van der Waals surface area contributed by atoms with Crippen molar-refractivity contribution < 1.29 is 19.7 Å². The van der Waals surface area contributed by atoms with E-state index in [-0.39, 0.29) is 24.7 Å². The fourth-order valence-electron chi connectivity index (χ4n) is 4.24. The van der Waals surface area contributed by atoms with Crippen molar-refractivity contribution in [2.24, 2.45) is 0 Å². The Kier molecular flexibility index (Phi) is 8.48. The minimum Gasteiger partial charge on any atom is -0.489 e. The first kappa shape index (κ1) is 26.7. The number of imidazole rings is 1. The molecule has 0 saturated carbocycles. The molecule has 0 fully saturated rings. The molecule has 194 valence electrons. The van der Waals surface area contributed by atoms with Gasteiger partial charge in [0, 0.05) is 41.7 Å². The largest absolute Gasteiger partial charge is 0.489 e. The molecule has 0 bridgehead atoms. The molecule has 2 atom stereocenters. The van der Waals surface area contributed by atoms with E-state index in [4.69, 9.17) is 21.3 Å². The van der Waals surface area contributed by atoms with Gasteiger partial charge in [-0.05, 0) is 63.4 Å². The zero-order chi connectivity index (χ0) is 26.5. The van der Waals surface area contributed by atoms with Crippen LogP contribution in [0.2, 0.25) is 5.02 Å². The van der Waals surface area contributed by atoms with Gasteiger partial charge in [0.05, 0.1) is 22.9 Å². The molecule has 7 nitrogen and oxygen atoms in total. The first-order chi connectivity index (χ1) is 17.7. The molecule has 0 aliphatic carbocycles. The average molecular weight is 522 g/mol. The van der Waals surface area contributed by atoms with Crippen LogP contribution in [0.3, 0.4) is 0 Å². The number of benzene rings is 2. The highest BCUT2D eigenvalue weighted by atomic mass is 35.5. The fourth-order valence-corrected chi connectivity index (χ4v) is 4.46. The van der Waals surface area contributed by atoms with E-state index < -0.39 is 6.10 Å². The number of nitrogens with one attached hydrogen (secondary N) is 1. The minimum absolute atomic E-state index is 0.0214. The zero-order valence-corrected chi connectivity index (χ0v) is 21.9. The molecule has 37 heavy (non-hydrogen) atoms. The van der Waals surface area contributed by atoms with E-state index in [1.54, 1.807) is 25.1 Å². The minimum atomic E-state index is -0.609. The van der Waals surface area contributed by atoms with Crippen LogP contribution in [0.15, 0.2) is 67.0 Å². The lowest BCUT2D eigenvalue weighted by Crippen LogP contribution is -2.37. The van der Waals surface area contributed by atoms with Crippen molar-refractivity contribution in [3.05, 3.63) is 88.7 Å². The van der Waals surface area contributed by atoms with Crippen molar-refractivity contribution in [1.82, 2.24) is 14.7 Å². The number of pyridine rings is 1. The number of carbonyl (C=O) groups excluding carboxylic acids is 1. The van der Waals surface area contributed by atoms with Crippen molar-refractivity contribution in [2.45, 2.75) is 51.9 Å². The molecule has 4 rings (SSSR count). The molecule has 0 spiro atoms. The molecular formula is C29H32ClN3O4. The highest BCUT2D eigenvalue weighted by Gasteiger charge is 2.17. The summed E-state index contributed by atoms with van der Waals surface area (Å²) in [5, 5.41) is 23.0. The second-order valence-corrected chi connectivity index (χ2v) is 9.80. The van der Waals surface area contributed by atoms with Crippen molar-refractivity contribution >= 4 is 23.2 Å². The van der Waals surface area contributed by atoms with Gasteiger partial charge < -0.3 is 24.7 Å². The van der Waals surface area contributed by atoms with Crippen LogP contribution >= 0.6 is 11.6 Å². The maximum absolute atomic E-state index is 12.9. The van der Waals surface area contributed by atoms with E-state index in [1.807, 2.05) is 67.0 Å². The number of halogens is 1. The van der Waals surface area contributed by atoms with Crippen LogP contribution in [0.1, 0.15) is 54.8 Å². The molecule has 1 unspecified atom stereocenters. The lowest BCUT2D eigenvalue weighted by atomic mass is 10.0. The van der Waals surface area contributed by atoms with E-state index in [2.05, 4.69) is 5.32 Å². The highest BCUT2D eigenvalue weighted by Crippen LogP contribution is 2.27. The summed E-state index contributed by atoms with van der Waals surface area (Å²) in [4.78, 5) is 17.6. The topological polar surface area (TPSA) is 96.1 Å². The molecule has 0 radical (unpaired) electrons. The van der Waals surface area contributed by atoms with Gasteiger partial charge in [0.1, 0.15) is 11.4 Å². The number of aliphatic hydroxyl groups excluding tert-OH is 2. The Morgan fingerprint density at radius 2 is 1.89 bits per heavy atom. The Balaban J connectivity index is 1.46. The van der Waals surface area contributed by atoms with Crippen LogP contribution in [-0.4, -0.2) is 44.3 Å². The van der Waals surface area contributed by atoms with Crippen molar-refractivity contribution in [3.8, 4) is 17.0 Å². The van der Waals surface area contributed by atoms with E-state index in [9.17, 15) is 15.0 Å². The molecule has 2 heterocycles. The Labute approximate surface area is 221 Å². The van der Waals surface area contributed by atoms with Crippen LogP contribution in [0, 0.1) is 0 Å². The van der Waals surface area contributed by atoms with E-state index in [1.165, 1.54) is 0 Å². The number of hydrogen-bond donors (Lipinski definition) is 3. The number of ether oxygens (including phenoxy) is 1. The third kappa shape index (κ3) is 6.49. The summed E-state index contributed by atoms with van der Waals surface area (Å²) in [5.74, 6) is 0.277. The van der Waals surface area contributed by atoms with Gasteiger partial charge in [-0.15, -0.1) is 0 Å². The maximum Gasteiger partial charge on any atom is 0.251 e. The molecule has 1 amide bonds. The van der Waals surface area contributed by atoms with Crippen LogP contribution in [0.25, 0.3) is 16.9 Å². The highest BCUT2D eigenvalue weighted by molar-refractivity contribution is 6.32. The average Bonchev–Trinajstić information content (AvgIpc) is 3.30. The van der Waals surface area contributed by atoms with E-state index in [0.717, 1.165) is 28.0 Å². The summed E-state index contributed by atoms with van der Waals surface area (Å²) < 4.78 is 7.55. The predicted molar refractivity (Wildman–Crippen MR) is 145 cm³/mol. The first-order valence-electron chi connectivity index (χ1n) is 12.4. The summed E-state index contributed by atoms with van der Waals surface area (Å²) in [5.41, 5.74) is 4.71. The number of aromatic nitrogens is 2. The van der Waals surface area contributed by atoms with Crippen molar-refractivity contribution in [2.75, 3.05) is 6.61 Å². The second kappa shape index (κ2) is 11.8. The summed E-state index contributed by atoms with van der Waals surface area (Å²) >= 11 is 6.30. The Bertz CT molecular complexity index is 1370. The van der Waals surface area contributed by atoms with Gasteiger partial charge in [-0.25, -0.2) is 4.98 Å². The summed E-state index contributed by atoms with van der Waals surface area (Å²) in [6.45, 7) is 5.50. The number of fused-ring (bicyclic) bond motifs is 1. The predicted octanol–water partition coefficient (Wildman–Crippen LogP) is 5.22. The zero-order valence-electron chi connectivity index (χ0n) is 21.2. The summed E-state index contributed by atoms with van der Waals surface area (Å²) in [6.07, 6.45) is 4.20. The quantitative estimate of drug-likeness (QED) is 0.266. The first-order valence-corrected chi connectivity index (χ1v) is 12.8. The van der Waals surface area contributed by atoms with Gasteiger partial charge in [0.25, 0.3) is 5.91 Å². The molecule has 0 aliphatic rings. The standard InChI is InChI=1S/C29H32ClN3O4/c1-18(2)37-27-11-10-22(16-25(27)30)29(36)31-23(12-14-34)15-20-6-8-21(9-7-20)26-17-33-13-4-5-24(19(3)35)28(33)32-26/h4-11,13,16-19,23,34-35H,12,14-15H2,1-3H3,(H,31,36)/t19?,23-/m1/s1.